The Morgan fingerprint density at radius 3 is 2.44 bits per heavy atom. The number of hydrogen-bond acceptors (Lipinski definition) is 3. The summed E-state index contributed by atoms with van der Waals surface area (Å²) >= 11 is 0. The smallest absolute Gasteiger partial charge is 0.134 e. The maximum absolute atomic E-state index is 4.82. The molecule has 0 amide bonds. The Bertz CT molecular complexity index is 614. The summed E-state index contributed by atoms with van der Waals surface area (Å²) in [5, 5.41) is 3.52. The van der Waals surface area contributed by atoms with Gasteiger partial charge in [-0.3, -0.25) is 14.9 Å². The number of hydrogen-bond donors (Lipinski definition) is 1. The molecular formula is C23H38N4. The molecule has 1 N–H and O–H groups in total. The summed E-state index contributed by atoms with van der Waals surface area (Å²) in [4.78, 5) is 11.4. The molecule has 0 fully saturated rings. The monoisotopic (exact) mass is 370 g/mol. The summed E-state index contributed by atoms with van der Waals surface area (Å²) in [6, 6.07) is 0. The van der Waals surface area contributed by atoms with Gasteiger partial charge >= 0.3 is 0 Å². The van der Waals surface area contributed by atoms with Gasteiger partial charge in [0.1, 0.15) is 5.84 Å². The molecule has 0 bridgehead atoms. The number of allylic oxidation sites excluding steroid dienone is 3. The molecule has 0 unspecified atom stereocenters. The summed E-state index contributed by atoms with van der Waals surface area (Å²) in [5.74, 6) is 0.924. The van der Waals surface area contributed by atoms with Crippen molar-refractivity contribution >= 4 is 12.6 Å². The van der Waals surface area contributed by atoms with Gasteiger partial charge in [-0.15, -0.1) is 0 Å². The highest BCUT2D eigenvalue weighted by Crippen LogP contribution is 2.19. The van der Waals surface area contributed by atoms with E-state index in [-0.39, 0.29) is 0 Å². The van der Waals surface area contributed by atoms with Crippen molar-refractivity contribution in [2.24, 2.45) is 9.98 Å². The zero-order valence-corrected chi connectivity index (χ0v) is 18.0. The maximum atomic E-state index is 4.82. The first-order valence-electron chi connectivity index (χ1n) is 10.5. The van der Waals surface area contributed by atoms with Gasteiger partial charge in [-0.2, -0.15) is 0 Å². The standard InChI is InChI=1S/C21H32N4.C2H6/c1-5-12-25(13-6-2)16-19-14-20(17(3)22-4)21(24-19)23-15-18-10-8-7-9-11-18;1-2/h8,10-11,14H,4-7,9,12-13,15-16H2,1-3H3,(H,23,24);1-2H3/b20-17-;. The summed E-state index contributed by atoms with van der Waals surface area (Å²) < 4.78 is 0. The van der Waals surface area contributed by atoms with Gasteiger partial charge in [-0.1, -0.05) is 45.9 Å². The second-order valence-electron chi connectivity index (χ2n) is 6.65. The summed E-state index contributed by atoms with van der Waals surface area (Å²) in [6.07, 6.45) is 13.5. The van der Waals surface area contributed by atoms with Crippen molar-refractivity contribution in [3.8, 4) is 0 Å². The predicted octanol–water partition coefficient (Wildman–Crippen LogP) is 5.27. The van der Waals surface area contributed by atoms with Crippen molar-refractivity contribution in [2.45, 2.75) is 60.3 Å². The van der Waals surface area contributed by atoms with E-state index in [4.69, 9.17) is 4.99 Å². The van der Waals surface area contributed by atoms with Gasteiger partial charge in [0, 0.05) is 23.5 Å². The molecule has 0 spiro atoms. The minimum Gasteiger partial charge on any atom is -0.342 e. The normalized spacial score (nSPS) is 19.3. The number of nitrogens with one attached hydrogen (secondary N) is 1. The molecule has 4 heteroatoms. The van der Waals surface area contributed by atoms with Gasteiger partial charge in [0.2, 0.25) is 0 Å². The van der Waals surface area contributed by atoms with E-state index >= 15 is 0 Å². The molecule has 0 radical (unpaired) electrons. The molecule has 2 rings (SSSR count). The van der Waals surface area contributed by atoms with Crippen LogP contribution in [0, 0.1) is 0 Å². The van der Waals surface area contributed by atoms with Gasteiger partial charge < -0.3 is 5.32 Å². The summed E-state index contributed by atoms with van der Waals surface area (Å²) in [6.45, 7) is 18.0. The average molecular weight is 371 g/mol. The van der Waals surface area contributed by atoms with Gasteiger partial charge in [0.15, 0.2) is 0 Å². The van der Waals surface area contributed by atoms with Gasteiger partial charge in [-0.25, -0.2) is 0 Å². The van der Waals surface area contributed by atoms with E-state index in [1.54, 1.807) is 0 Å². The molecule has 1 heterocycles. The number of nitrogens with zero attached hydrogens (tertiary/aromatic N) is 3. The molecule has 0 aromatic rings. The third-order valence-corrected chi connectivity index (χ3v) is 4.44. The Morgan fingerprint density at radius 1 is 1.19 bits per heavy atom. The van der Waals surface area contributed by atoms with Gasteiger partial charge in [0.25, 0.3) is 0 Å². The summed E-state index contributed by atoms with van der Waals surface area (Å²) in [7, 11) is 0. The molecule has 0 saturated carbocycles. The van der Waals surface area contributed by atoms with E-state index in [1.807, 2.05) is 20.8 Å². The largest absolute Gasteiger partial charge is 0.342 e. The van der Waals surface area contributed by atoms with E-state index in [2.05, 4.69) is 60.1 Å². The fourth-order valence-corrected chi connectivity index (χ4v) is 3.17. The lowest BCUT2D eigenvalue weighted by Crippen LogP contribution is -2.32. The topological polar surface area (TPSA) is 40.0 Å². The molecule has 0 aromatic heterocycles. The molecule has 0 saturated heterocycles. The third kappa shape index (κ3) is 7.67. The van der Waals surface area contributed by atoms with Crippen LogP contribution in [0.3, 0.4) is 0 Å². The molecule has 1 aliphatic carbocycles. The van der Waals surface area contributed by atoms with Gasteiger partial charge in [0.05, 0.1) is 6.54 Å². The first-order chi connectivity index (χ1) is 13.2. The molecule has 1 aliphatic heterocycles. The van der Waals surface area contributed by atoms with Crippen molar-refractivity contribution in [3.63, 3.8) is 0 Å². The van der Waals surface area contributed by atoms with Crippen LogP contribution in [0.1, 0.15) is 60.3 Å². The van der Waals surface area contributed by atoms with Crippen molar-refractivity contribution in [1.29, 1.82) is 0 Å². The second-order valence-corrected chi connectivity index (χ2v) is 6.65. The Hall–Kier alpha value is -1.94. The van der Waals surface area contributed by atoms with Crippen LogP contribution in [0.15, 0.2) is 56.8 Å². The number of rotatable bonds is 9. The van der Waals surface area contributed by atoms with Crippen molar-refractivity contribution in [1.82, 2.24) is 10.2 Å². The van der Waals surface area contributed by atoms with Crippen molar-refractivity contribution in [2.75, 3.05) is 26.2 Å². The SMILES string of the molecule is C=N/C(C)=C1/C=C(CN(CCC)CCC)NC1=NCC1=CCCC=C1.CC. The zero-order valence-electron chi connectivity index (χ0n) is 18.0. The van der Waals surface area contributed by atoms with Crippen LogP contribution in [0.25, 0.3) is 0 Å². The lowest BCUT2D eigenvalue weighted by atomic mass is 10.1. The number of amidine groups is 1. The first-order valence-corrected chi connectivity index (χ1v) is 10.5. The first kappa shape index (κ1) is 23.1. The van der Waals surface area contributed by atoms with Crippen LogP contribution >= 0.6 is 0 Å². The predicted molar refractivity (Wildman–Crippen MR) is 121 cm³/mol. The molecule has 0 aromatic carbocycles. The Kier molecular flexibility index (Phi) is 11.3. The Balaban J connectivity index is 0.00000176. The van der Waals surface area contributed by atoms with Crippen LogP contribution in [0.2, 0.25) is 0 Å². The third-order valence-electron chi connectivity index (χ3n) is 4.44. The molecule has 2 aliphatic rings. The molecule has 4 nitrogen and oxygen atoms in total. The molecule has 150 valence electrons. The van der Waals surface area contributed by atoms with E-state index in [9.17, 15) is 0 Å². The van der Waals surface area contributed by atoms with E-state index < -0.39 is 0 Å². The van der Waals surface area contributed by atoms with Crippen molar-refractivity contribution in [3.05, 3.63) is 46.8 Å². The fourth-order valence-electron chi connectivity index (χ4n) is 3.17. The van der Waals surface area contributed by atoms with Crippen LogP contribution in [0.5, 0.6) is 0 Å². The molecular weight excluding hydrogens is 332 g/mol. The van der Waals surface area contributed by atoms with E-state index in [0.717, 1.165) is 49.6 Å². The minimum atomic E-state index is 0.710. The fraction of sp³-hybridized carbons (Fsp3) is 0.565. The van der Waals surface area contributed by atoms with Crippen LogP contribution < -0.4 is 5.32 Å². The summed E-state index contributed by atoms with van der Waals surface area (Å²) in [5.41, 5.74) is 4.48. The lowest BCUT2D eigenvalue weighted by Gasteiger charge is -2.21. The highest BCUT2D eigenvalue weighted by molar-refractivity contribution is 6.05. The average Bonchev–Trinajstić information content (AvgIpc) is 3.11. The Labute approximate surface area is 166 Å². The van der Waals surface area contributed by atoms with Gasteiger partial charge in [-0.05, 0) is 64.1 Å². The maximum Gasteiger partial charge on any atom is 0.134 e. The highest BCUT2D eigenvalue weighted by atomic mass is 15.2. The lowest BCUT2D eigenvalue weighted by molar-refractivity contribution is 0.295. The van der Waals surface area contributed by atoms with Crippen molar-refractivity contribution < 1.29 is 0 Å². The Morgan fingerprint density at radius 2 is 1.89 bits per heavy atom. The zero-order chi connectivity index (χ0) is 20.1. The minimum absolute atomic E-state index is 0.710. The second kappa shape index (κ2) is 13.3. The van der Waals surface area contributed by atoms with Crippen LogP contribution in [0.4, 0.5) is 0 Å². The molecule has 27 heavy (non-hydrogen) atoms. The van der Waals surface area contributed by atoms with E-state index in [0.29, 0.717) is 6.54 Å². The highest BCUT2D eigenvalue weighted by Gasteiger charge is 2.20. The number of aliphatic imine (C=N–C) groups is 2. The van der Waals surface area contributed by atoms with Crippen LogP contribution in [-0.4, -0.2) is 43.6 Å². The quantitative estimate of drug-likeness (QED) is 0.562. The molecule has 0 atom stereocenters. The van der Waals surface area contributed by atoms with Crippen LogP contribution in [-0.2, 0) is 0 Å². The van der Waals surface area contributed by atoms with E-state index in [1.165, 1.54) is 24.1 Å².